The summed E-state index contributed by atoms with van der Waals surface area (Å²) >= 11 is 0. The lowest BCUT2D eigenvalue weighted by Gasteiger charge is -2.13. The summed E-state index contributed by atoms with van der Waals surface area (Å²) in [7, 11) is 1.53. The summed E-state index contributed by atoms with van der Waals surface area (Å²) < 4.78 is 26.8. The Bertz CT molecular complexity index is 1060. The number of rotatable bonds is 11. The van der Waals surface area contributed by atoms with Gasteiger partial charge in [-0.2, -0.15) is 0 Å². The highest BCUT2D eigenvalue weighted by atomic mass is 16.6. The van der Waals surface area contributed by atoms with Crippen molar-refractivity contribution in [1.82, 2.24) is 4.98 Å². The third-order valence-electron chi connectivity index (χ3n) is 4.68. The molecule has 1 unspecified atom stereocenters. The molecule has 0 spiro atoms. The average molecular weight is 444 g/mol. The number of hydrogen-bond acceptors (Lipinski definition) is 8. The molecule has 0 aliphatic carbocycles. The number of oxazole rings is 1. The summed E-state index contributed by atoms with van der Waals surface area (Å²) in [5, 5.41) is 9.08. The summed E-state index contributed by atoms with van der Waals surface area (Å²) in [6.07, 6.45) is 0.332. The average Bonchev–Trinajstić information content (AvgIpc) is 3.41. The molecule has 1 amide bonds. The summed E-state index contributed by atoms with van der Waals surface area (Å²) in [5.74, 6) is 1.36. The molecule has 170 valence electrons. The first-order valence-electron chi connectivity index (χ1n) is 9.86. The normalized spacial score (nSPS) is 11.7. The van der Waals surface area contributed by atoms with Gasteiger partial charge in [0.05, 0.1) is 13.4 Å². The molecular weight excluding hydrogens is 420 g/mol. The van der Waals surface area contributed by atoms with Crippen molar-refractivity contribution in [3.8, 4) is 23.1 Å². The van der Waals surface area contributed by atoms with Crippen LogP contribution in [0.4, 0.5) is 4.79 Å². The molecule has 3 rings (SSSR count). The number of hydrogen-bond donors (Lipinski definition) is 2. The molecule has 1 atom stereocenters. The van der Waals surface area contributed by atoms with Crippen LogP contribution >= 0.6 is 0 Å². The SMILES string of the molecule is COc1cc(CCCC(OC(N)=O)C(=O)O)ccc1OCc1nc(-c2ccco2)oc1C. The Hall–Kier alpha value is -3.95. The third-order valence-corrected chi connectivity index (χ3v) is 4.68. The quantitative estimate of drug-likeness (QED) is 0.451. The van der Waals surface area contributed by atoms with Crippen LogP contribution in [0.25, 0.3) is 11.7 Å². The molecule has 10 nitrogen and oxygen atoms in total. The Balaban J connectivity index is 1.59. The van der Waals surface area contributed by atoms with Gasteiger partial charge in [0.15, 0.2) is 17.3 Å². The van der Waals surface area contributed by atoms with Crippen LogP contribution in [0.3, 0.4) is 0 Å². The van der Waals surface area contributed by atoms with E-state index in [-0.39, 0.29) is 13.0 Å². The van der Waals surface area contributed by atoms with Gasteiger partial charge < -0.3 is 33.9 Å². The number of primary amides is 1. The fraction of sp³-hybridized carbons (Fsp3) is 0.318. The first kappa shape index (κ1) is 22.7. The lowest BCUT2D eigenvalue weighted by Crippen LogP contribution is -2.29. The Labute approximate surface area is 183 Å². The molecule has 10 heteroatoms. The number of carboxylic acid groups (broad SMARTS) is 1. The minimum absolute atomic E-state index is 0.141. The second-order valence-corrected chi connectivity index (χ2v) is 6.93. The Kier molecular flexibility index (Phi) is 7.37. The minimum atomic E-state index is -1.27. The molecule has 0 aliphatic rings. The van der Waals surface area contributed by atoms with E-state index in [0.717, 1.165) is 5.56 Å². The molecule has 2 aromatic heterocycles. The van der Waals surface area contributed by atoms with Gasteiger partial charge in [-0.15, -0.1) is 0 Å². The predicted molar refractivity (Wildman–Crippen MR) is 111 cm³/mol. The van der Waals surface area contributed by atoms with Crippen molar-refractivity contribution >= 4 is 12.1 Å². The number of carbonyl (C=O) groups excluding carboxylic acids is 1. The highest BCUT2D eigenvalue weighted by Crippen LogP contribution is 2.30. The van der Waals surface area contributed by atoms with E-state index in [2.05, 4.69) is 9.72 Å². The van der Waals surface area contributed by atoms with Crippen molar-refractivity contribution in [2.75, 3.05) is 7.11 Å². The maximum Gasteiger partial charge on any atom is 0.405 e. The maximum atomic E-state index is 11.1. The zero-order valence-corrected chi connectivity index (χ0v) is 17.7. The van der Waals surface area contributed by atoms with Crippen molar-refractivity contribution in [1.29, 1.82) is 0 Å². The number of nitrogens with two attached hydrogens (primary N) is 1. The highest BCUT2D eigenvalue weighted by Gasteiger charge is 2.20. The van der Waals surface area contributed by atoms with Crippen LogP contribution in [-0.2, 0) is 22.6 Å². The van der Waals surface area contributed by atoms with E-state index in [4.69, 9.17) is 29.1 Å². The number of amides is 1. The van der Waals surface area contributed by atoms with E-state index in [9.17, 15) is 9.59 Å². The number of aromatic nitrogens is 1. The topological polar surface area (TPSA) is 147 Å². The number of methoxy groups -OCH3 is 1. The first-order valence-corrected chi connectivity index (χ1v) is 9.86. The largest absolute Gasteiger partial charge is 0.493 e. The zero-order valence-electron chi connectivity index (χ0n) is 17.7. The molecule has 2 heterocycles. The molecule has 3 N–H and O–H groups in total. The van der Waals surface area contributed by atoms with Gasteiger partial charge in [0.2, 0.25) is 6.10 Å². The molecule has 0 fully saturated rings. The molecule has 32 heavy (non-hydrogen) atoms. The third kappa shape index (κ3) is 5.81. The molecule has 0 saturated carbocycles. The lowest BCUT2D eigenvalue weighted by atomic mass is 10.1. The van der Waals surface area contributed by atoms with Crippen LogP contribution in [-0.4, -0.2) is 35.4 Å². The fourth-order valence-electron chi connectivity index (χ4n) is 3.07. The van der Waals surface area contributed by atoms with Crippen molar-refractivity contribution in [2.24, 2.45) is 5.73 Å². The number of aliphatic carboxylic acids is 1. The fourth-order valence-corrected chi connectivity index (χ4v) is 3.07. The Morgan fingerprint density at radius 3 is 2.72 bits per heavy atom. The number of ether oxygens (including phenoxy) is 3. The van der Waals surface area contributed by atoms with Crippen LogP contribution in [0.2, 0.25) is 0 Å². The van der Waals surface area contributed by atoms with Crippen LogP contribution < -0.4 is 15.2 Å². The summed E-state index contributed by atoms with van der Waals surface area (Å²) in [4.78, 5) is 26.3. The van der Waals surface area contributed by atoms with Gasteiger partial charge in [-0.3, -0.25) is 0 Å². The van der Waals surface area contributed by atoms with Gasteiger partial charge in [-0.25, -0.2) is 14.6 Å². The van der Waals surface area contributed by atoms with E-state index in [1.807, 2.05) is 12.1 Å². The zero-order chi connectivity index (χ0) is 23.1. The lowest BCUT2D eigenvalue weighted by molar-refractivity contribution is -0.147. The van der Waals surface area contributed by atoms with Gasteiger partial charge in [-0.1, -0.05) is 6.07 Å². The molecule has 1 aromatic carbocycles. The van der Waals surface area contributed by atoms with Crippen molar-refractivity contribution in [3.63, 3.8) is 0 Å². The summed E-state index contributed by atoms with van der Waals surface area (Å²) in [5.41, 5.74) is 6.45. The minimum Gasteiger partial charge on any atom is -0.493 e. The molecular formula is C22H24N2O8. The van der Waals surface area contributed by atoms with Crippen LogP contribution in [0.15, 0.2) is 45.4 Å². The van der Waals surface area contributed by atoms with Gasteiger partial charge >= 0.3 is 12.1 Å². The molecule has 0 bridgehead atoms. The number of benzene rings is 1. The standard InChI is InChI=1S/C22H24N2O8/c1-13-15(24-20(31-13)17-7-4-10-29-17)12-30-16-9-8-14(11-19(16)28-2)5-3-6-18(21(25)26)32-22(23)27/h4,7-11,18H,3,5-6,12H2,1-2H3,(H2,23,27)(H,25,26). The van der Waals surface area contributed by atoms with Crippen molar-refractivity contribution in [2.45, 2.75) is 38.9 Å². The summed E-state index contributed by atoms with van der Waals surface area (Å²) in [6.45, 7) is 1.97. The van der Waals surface area contributed by atoms with E-state index in [1.54, 1.807) is 31.4 Å². The smallest absolute Gasteiger partial charge is 0.405 e. The molecule has 3 aromatic rings. The van der Waals surface area contributed by atoms with Gasteiger partial charge in [0, 0.05) is 0 Å². The number of carboxylic acids is 1. The van der Waals surface area contributed by atoms with E-state index < -0.39 is 18.2 Å². The van der Waals surface area contributed by atoms with E-state index in [0.29, 0.717) is 47.4 Å². The van der Waals surface area contributed by atoms with E-state index in [1.165, 1.54) is 7.11 Å². The van der Waals surface area contributed by atoms with Crippen LogP contribution in [0, 0.1) is 6.92 Å². The number of furan rings is 1. The first-order chi connectivity index (χ1) is 15.4. The van der Waals surface area contributed by atoms with Crippen LogP contribution in [0.5, 0.6) is 11.5 Å². The molecule has 0 saturated heterocycles. The van der Waals surface area contributed by atoms with Gasteiger partial charge in [-0.05, 0) is 56.0 Å². The maximum absolute atomic E-state index is 11.1. The second kappa shape index (κ2) is 10.4. The van der Waals surface area contributed by atoms with Crippen molar-refractivity contribution in [3.05, 3.63) is 53.6 Å². The van der Waals surface area contributed by atoms with Gasteiger partial charge in [0.1, 0.15) is 18.1 Å². The number of carbonyl (C=O) groups is 2. The highest BCUT2D eigenvalue weighted by molar-refractivity contribution is 5.76. The monoisotopic (exact) mass is 444 g/mol. The number of nitrogens with zero attached hydrogens (tertiary/aromatic N) is 1. The Morgan fingerprint density at radius 1 is 1.25 bits per heavy atom. The predicted octanol–water partition coefficient (Wildman–Crippen LogP) is 3.70. The van der Waals surface area contributed by atoms with Crippen molar-refractivity contribution < 1.29 is 37.7 Å². The Morgan fingerprint density at radius 2 is 2.06 bits per heavy atom. The summed E-state index contributed by atoms with van der Waals surface area (Å²) in [6, 6.07) is 8.95. The van der Waals surface area contributed by atoms with Crippen LogP contribution in [0.1, 0.15) is 29.9 Å². The van der Waals surface area contributed by atoms with Gasteiger partial charge in [0.25, 0.3) is 5.89 Å². The molecule has 0 radical (unpaired) electrons. The molecule has 0 aliphatic heterocycles. The van der Waals surface area contributed by atoms with E-state index >= 15 is 0 Å². The number of aryl methyl sites for hydroxylation is 2. The second-order valence-electron chi connectivity index (χ2n) is 6.93.